The number of carbonyl (C=O) groups is 4. The van der Waals surface area contributed by atoms with Crippen molar-refractivity contribution in [1.29, 1.82) is 0 Å². The molecule has 2 aromatic carbocycles. The number of piperidine rings is 1. The Bertz CT molecular complexity index is 1650. The zero-order valence-electron chi connectivity index (χ0n) is 24.2. The predicted molar refractivity (Wildman–Crippen MR) is 148 cm³/mol. The van der Waals surface area contributed by atoms with E-state index in [4.69, 9.17) is 9.47 Å². The Labute approximate surface area is 259 Å². The van der Waals surface area contributed by atoms with Crippen LogP contribution in [-0.2, 0) is 40.5 Å². The van der Waals surface area contributed by atoms with Crippen LogP contribution in [0.25, 0.3) is 0 Å². The zero-order chi connectivity index (χ0) is 33.2. The normalized spacial score (nSPS) is 27.3. The minimum absolute atomic E-state index is 0.0184. The number of ether oxygens (including phenoxy) is 3. The van der Waals surface area contributed by atoms with Gasteiger partial charge in [0.1, 0.15) is 11.8 Å². The van der Waals surface area contributed by atoms with Crippen molar-refractivity contribution < 1.29 is 61.9 Å². The topological polar surface area (TPSA) is 172 Å². The molecule has 1 amide bonds. The highest BCUT2D eigenvalue weighted by atomic mass is 19.4. The molecule has 2 heterocycles. The number of carbonyl (C=O) groups excluding carboxylic acids is 4. The van der Waals surface area contributed by atoms with Crippen LogP contribution in [-0.4, -0.2) is 87.6 Å². The zero-order valence-corrected chi connectivity index (χ0v) is 24.2. The van der Waals surface area contributed by atoms with Gasteiger partial charge in [-0.15, -0.1) is 0 Å². The molecule has 12 nitrogen and oxygen atoms in total. The van der Waals surface area contributed by atoms with Crippen molar-refractivity contribution in [1.82, 2.24) is 10.2 Å². The van der Waals surface area contributed by atoms with Crippen LogP contribution >= 0.6 is 0 Å². The van der Waals surface area contributed by atoms with Gasteiger partial charge in [0.2, 0.25) is 0 Å². The molecule has 2 aliphatic carbocycles. The molecule has 6 rings (SSSR count). The quantitative estimate of drug-likeness (QED) is 0.254. The second-order valence-electron chi connectivity index (χ2n) is 11.9. The highest BCUT2D eigenvalue weighted by Crippen LogP contribution is 2.65. The lowest BCUT2D eigenvalue weighted by molar-refractivity contribution is -0.202. The lowest BCUT2D eigenvalue weighted by Gasteiger charge is -2.61. The van der Waals surface area contributed by atoms with Gasteiger partial charge in [-0.05, 0) is 49.7 Å². The van der Waals surface area contributed by atoms with Crippen molar-refractivity contribution in [2.45, 2.75) is 67.2 Å². The van der Waals surface area contributed by atoms with Gasteiger partial charge in [0, 0.05) is 18.0 Å². The molecule has 15 heteroatoms. The van der Waals surface area contributed by atoms with Crippen LogP contribution < -0.4 is 10.1 Å². The van der Waals surface area contributed by atoms with E-state index in [1.54, 1.807) is 12.1 Å². The molecule has 4 aliphatic rings. The molecule has 46 heavy (non-hydrogen) atoms. The summed E-state index contributed by atoms with van der Waals surface area (Å²) in [4.78, 5) is 52.1. The smallest absolute Gasteiger partial charge is 0.491 e. The van der Waals surface area contributed by atoms with Gasteiger partial charge in [0.25, 0.3) is 5.91 Å². The number of esters is 3. The van der Waals surface area contributed by atoms with E-state index in [9.17, 15) is 47.7 Å². The van der Waals surface area contributed by atoms with E-state index in [0.717, 1.165) is 5.56 Å². The largest absolute Gasteiger partial charge is 0.504 e. The van der Waals surface area contributed by atoms with Crippen molar-refractivity contribution in [2.75, 3.05) is 13.6 Å². The molecular formula is C31H29F3N2O10. The van der Waals surface area contributed by atoms with Crippen molar-refractivity contribution in [3.63, 3.8) is 0 Å². The van der Waals surface area contributed by atoms with Gasteiger partial charge >= 0.3 is 24.1 Å². The minimum Gasteiger partial charge on any atom is -0.504 e. The standard InChI is InChI=1S/C31H29F3N2O10/c1-36-12-11-29-22-16-7-8-18(37)24(22)45-25(29)19(9-10-30(29,43)20(36)13-16)44-21(38)14-17(27(41)46-28(42)31(32,33)34)35-26(40)23(39)15-5-3-2-4-6-15/h2-9,17,20,23,25,37,39,43H,10-14H2,1H3,(H,35,40)/t17-,20+,23-,25-,29-,30+/m0/s1. The lowest BCUT2D eigenvalue weighted by atomic mass is 9.50. The van der Waals surface area contributed by atoms with Gasteiger partial charge in [-0.25, -0.2) is 9.59 Å². The Balaban J connectivity index is 1.26. The highest BCUT2D eigenvalue weighted by Gasteiger charge is 2.72. The summed E-state index contributed by atoms with van der Waals surface area (Å²) in [6, 6.07) is 8.06. The fourth-order valence-electron chi connectivity index (χ4n) is 7.23. The molecule has 1 saturated heterocycles. The Morgan fingerprint density at radius 2 is 1.87 bits per heavy atom. The fourth-order valence-corrected chi connectivity index (χ4v) is 7.23. The van der Waals surface area contributed by atoms with E-state index >= 15 is 0 Å². The second-order valence-corrected chi connectivity index (χ2v) is 11.9. The van der Waals surface area contributed by atoms with Gasteiger partial charge in [-0.1, -0.05) is 36.4 Å². The molecule has 2 aliphatic heterocycles. The molecule has 2 aromatic rings. The van der Waals surface area contributed by atoms with Crippen LogP contribution in [0.1, 0.15) is 42.1 Å². The number of aromatic hydroxyl groups is 1. The number of nitrogens with zero attached hydrogens (tertiary/aromatic N) is 1. The first kappa shape index (κ1) is 31.5. The minimum atomic E-state index is -5.55. The van der Waals surface area contributed by atoms with Crippen molar-refractivity contribution in [3.05, 3.63) is 71.0 Å². The summed E-state index contributed by atoms with van der Waals surface area (Å²) >= 11 is 0. The van der Waals surface area contributed by atoms with Gasteiger partial charge in [-0.3, -0.25) is 9.59 Å². The van der Waals surface area contributed by atoms with Crippen molar-refractivity contribution in [2.24, 2.45) is 0 Å². The number of hydrogen-bond donors (Lipinski definition) is 4. The number of likely N-dealkylation sites (tertiary alicyclic amines) is 1. The average molecular weight is 647 g/mol. The van der Waals surface area contributed by atoms with Crippen molar-refractivity contribution in [3.8, 4) is 11.5 Å². The molecule has 0 radical (unpaired) electrons. The third kappa shape index (κ3) is 4.89. The molecule has 6 atom stereocenters. The van der Waals surface area contributed by atoms with E-state index in [1.165, 1.54) is 36.4 Å². The summed E-state index contributed by atoms with van der Waals surface area (Å²) in [5.41, 5.74) is -0.967. The van der Waals surface area contributed by atoms with E-state index in [1.807, 2.05) is 17.3 Å². The number of nitrogens with one attached hydrogen (secondary N) is 1. The first-order valence-electron chi connectivity index (χ1n) is 14.4. The number of aliphatic hydroxyl groups excluding tert-OH is 1. The Hall–Kier alpha value is -4.47. The number of phenols is 1. The maximum atomic E-state index is 13.3. The molecule has 244 valence electrons. The number of halogens is 3. The summed E-state index contributed by atoms with van der Waals surface area (Å²) in [6.45, 7) is 0.541. The fraction of sp³-hybridized carbons (Fsp3) is 0.419. The molecule has 0 aromatic heterocycles. The van der Waals surface area contributed by atoms with E-state index in [0.29, 0.717) is 24.9 Å². The lowest BCUT2D eigenvalue weighted by Crippen LogP contribution is -2.74. The molecule has 4 N–H and O–H groups in total. The van der Waals surface area contributed by atoms with E-state index in [2.05, 4.69) is 4.74 Å². The van der Waals surface area contributed by atoms with Crippen molar-refractivity contribution >= 4 is 23.8 Å². The molecule has 0 saturated carbocycles. The summed E-state index contributed by atoms with van der Waals surface area (Å²) in [7, 11) is 1.89. The van der Waals surface area contributed by atoms with Crippen LogP contribution in [0.4, 0.5) is 13.2 Å². The van der Waals surface area contributed by atoms with E-state index < -0.39 is 65.7 Å². The number of alkyl halides is 3. The maximum absolute atomic E-state index is 13.3. The number of benzene rings is 2. The van der Waals surface area contributed by atoms with Crippen LogP contribution in [0.15, 0.2) is 54.3 Å². The van der Waals surface area contributed by atoms with Crippen LogP contribution in [0, 0.1) is 0 Å². The molecule has 1 fully saturated rings. The Kier molecular flexibility index (Phi) is 7.60. The number of amides is 1. The monoisotopic (exact) mass is 646 g/mol. The van der Waals surface area contributed by atoms with Gasteiger partial charge in [-0.2, -0.15) is 13.2 Å². The van der Waals surface area contributed by atoms with Crippen LogP contribution in [0.3, 0.4) is 0 Å². The molecular weight excluding hydrogens is 617 g/mol. The first-order chi connectivity index (χ1) is 21.7. The van der Waals surface area contributed by atoms with Crippen LogP contribution in [0.2, 0.25) is 0 Å². The molecule has 1 spiro atoms. The van der Waals surface area contributed by atoms with Gasteiger partial charge in [0.15, 0.2) is 23.7 Å². The van der Waals surface area contributed by atoms with Gasteiger partial charge < -0.3 is 39.7 Å². The summed E-state index contributed by atoms with van der Waals surface area (Å²) < 4.78 is 54.1. The maximum Gasteiger partial charge on any atom is 0.491 e. The second kappa shape index (κ2) is 11.1. The highest BCUT2D eigenvalue weighted by molar-refractivity contribution is 5.95. The first-order valence-corrected chi connectivity index (χ1v) is 14.4. The summed E-state index contributed by atoms with van der Waals surface area (Å²) in [6.07, 6.45) is -7.34. The molecule has 2 bridgehead atoms. The number of likely N-dealkylation sites (N-methyl/N-ethyl adjacent to an activating group) is 1. The number of aliphatic hydroxyl groups is 2. The Morgan fingerprint density at radius 3 is 2.57 bits per heavy atom. The number of rotatable bonds is 7. The third-order valence-corrected chi connectivity index (χ3v) is 9.35. The summed E-state index contributed by atoms with van der Waals surface area (Å²) in [5.74, 6) is -7.39. The summed E-state index contributed by atoms with van der Waals surface area (Å²) in [5, 5.41) is 35.2. The van der Waals surface area contributed by atoms with Gasteiger partial charge in [0.05, 0.1) is 17.4 Å². The molecule has 0 unspecified atom stereocenters. The predicted octanol–water partition coefficient (Wildman–Crippen LogP) is 1.45. The Morgan fingerprint density at radius 1 is 1.15 bits per heavy atom. The SMILES string of the molecule is CN1CC[C@]23c4c5ccc(O)c4O[C@H]2C(OC(=O)C[C@H](NC(=O)[C@@H](O)c2ccccc2)C(=O)OC(=O)C(F)(F)F)=CC[C@@]3(O)[C@H]1C5. The average Bonchev–Trinajstić information content (AvgIpc) is 3.37. The van der Waals surface area contributed by atoms with Crippen LogP contribution in [0.5, 0.6) is 11.5 Å². The van der Waals surface area contributed by atoms with E-state index in [-0.39, 0.29) is 35.3 Å². The number of hydrogen-bond acceptors (Lipinski definition) is 11. The number of phenolic OH excluding ortho intramolecular Hbond substituents is 1. The third-order valence-electron chi connectivity index (χ3n) is 9.35.